The summed E-state index contributed by atoms with van der Waals surface area (Å²) in [5.41, 5.74) is 1.21. The molecule has 94 valence electrons. The molecular formula is C12H19N3S2. The highest BCUT2D eigenvalue weighted by Gasteiger charge is 2.23. The average molecular weight is 269 g/mol. The van der Waals surface area contributed by atoms with Crippen LogP contribution in [0.3, 0.4) is 0 Å². The molecule has 1 saturated carbocycles. The van der Waals surface area contributed by atoms with Crippen molar-refractivity contribution in [2.45, 2.75) is 38.4 Å². The van der Waals surface area contributed by atoms with Gasteiger partial charge in [-0.2, -0.15) is 11.8 Å². The Morgan fingerprint density at radius 3 is 3.18 bits per heavy atom. The summed E-state index contributed by atoms with van der Waals surface area (Å²) in [5, 5.41) is 6.94. The van der Waals surface area contributed by atoms with Crippen LogP contribution in [0.25, 0.3) is 0 Å². The lowest BCUT2D eigenvalue weighted by Crippen LogP contribution is -2.40. The number of hydrogen-bond acceptors (Lipinski definition) is 5. The molecule has 0 amide bonds. The Balaban J connectivity index is 1.61. The Bertz CT molecular complexity index is 376. The summed E-state index contributed by atoms with van der Waals surface area (Å²) < 4.78 is 0. The van der Waals surface area contributed by atoms with Crippen LogP contribution in [0.2, 0.25) is 0 Å². The van der Waals surface area contributed by atoms with Gasteiger partial charge in [-0.3, -0.25) is 0 Å². The Hall–Kier alpha value is -0.260. The van der Waals surface area contributed by atoms with Crippen molar-refractivity contribution < 1.29 is 0 Å². The van der Waals surface area contributed by atoms with E-state index in [-0.39, 0.29) is 0 Å². The van der Waals surface area contributed by atoms with Gasteiger partial charge in [0.25, 0.3) is 0 Å². The highest BCUT2D eigenvalue weighted by atomic mass is 32.2. The van der Waals surface area contributed by atoms with Gasteiger partial charge >= 0.3 is 0 Å². The zero-order valence-corrected chi connectivity index (χ0v) is 11.8. The van der Waals surface area contributed by atoms with Gasteiger partial charge in [0.15, 0.2) is 5.13 Å². The molecule has 1 N–H and O–H groups in total. The summed E-state index contributed by atoms with van der Waals surface area (Å²) in [5.74, 6) is 2.47. The normalized spacial score (nSPS) is 25.2. The van der Waals surface area contributed by atoms with Gasteiger partial charge < -0.3 is 10.2 Å². The summed E-state index contributed by atoms with van der Waals surface area (Å²) in [6.45, 7) is 4.39. The van der Waals surface area contributed by atoms with Crippen molar-refractivity contribution in [2.24, 2.45) is 0 Å². The number of hydrogen-bond donors (Lipinski definition) is 1. The predicted molar refractivity (Wildman–Crippen MR) is 76.1 cm³/mol. The number of nitrogens with zero attached hydrogens (tertiary/aromatic N) is 2. The van der Waals surface area contributed by atoms with Crippen LogP contribution in [0.4, 0.5) is 5.13 Å². The predicted octanol–water partition coefficient (Wildman–Crippen LogP) is 2.34. The monoisotopic (exact) mass is 269 g/mol. The van der Waals surface area contributed by atoms with Crippen LogP contribution < -0.4 is 10.2 Å². The third kappa shape index (κ3) is 2.95. The van der Waals surface area contributed by atoms with Crippen LogP contribution in [-0.4, -0.2) is 35.1 Å². The van der Waals surface area contributed by atoms with Crippen LogP contribution in [0, 0.1) is 0 Å². The minimum absolute atomic E-state index is 0.629. The van der Waals surface area contributed by atoms with E-state index in [0.29, 0.717) is 6.04 Å². The van der Waals surface area contributed by atoms with Crippen molar-refractivity contribution in [3.63, 3.8) is 0 Å². The van der Waals surface area contributed by atoms with E-state index in [1.54, 1.807) is 11.3 Å². The van der Waals surface area contributed by atoms with Crippen molar-refractivity contribution >= 4 is 28.2 Å². The number of rotatable bonds is 4. The lowest BCUT2D eigenvalue weighted by Gasteiger charge is -2.32. The zero-order valence-electron chi connectivity index (χ0n) is 10.2. The fraction of sp³-hybridized carbons (Fsp3) is 0.750. The zero-order chi connectivity index (χ0) is 11.7. The summed E-state index contributed by atoms with van der Waals surface area (Å²) in [4.78, 5) is 7.22. The molecular weight excluding hydrogens is 250 g/mol. The topological polar surface area (TPSA) is 28.2 Å². The van der Waals surface area contributed by atoms with E-state index in [4.69, 9.17) is 4.98 Å². The van der Waals surface area contributed by atoms with Gasteiger partial charge in [-0.15, -0.1) is 11.3 Å². The van der Waals surface area contributed by atoms with Crippen molar-refractivity contribution in [1.82, 2.24) is 10.3 Å². The van der Waals surface area contributed by atoms with Crippen LogP contribution in [0.1, 0.15) is 25.5 Å². The standard InChI is InChI=1S/C12H19N3S2/c1-9-7-16-5-4-15(9)12-14-11(8-17-12)6-13-10-2-3-10/h8-10,13H,2-7H2,1H3. The minimum atomic E-state index is 0.629. The first kappa shape index (κ1) is 11.8. The van der Waals surface area contributed by atoms with E-state index in [9.17, 15) is 0 Å². The highest BCUT2D eigenvalue weighted by Crippen LogP contribution is 2.27. The van der Waals surface area contributed by atoms with Crippen molar-refractivity contribution in [3.05, 3.63) is 11.1 Å². The maximum Gasteiger partial charge on any atom is 0.185 e. The lowest BCUT2D eigenvalue weighted by atomic mass is 10.3. The molecule has 2 fully saturated rings. The molecule has 1 unspecified atom stereocenters. The lowest BCUT2D eigenvalue weighted by molar-refractivity contribution is 0.668. The van der Waals surface area contributed by atoms with Crippen LogP contribution in [0.15, 0.2) is 5.38 Å². The first-order valence-corrected chi connectivity index (χ1v) is 8.38. The second-order valence-corrected chi connectivity index (χ2v) is 6.88. The van der Waals surface area contributed by atoms with Gasteiger partial charge in [0.1, 0.15) is 0 Å². The molecule has 0 bridgehead atoms. The van der Waals surface area contributed by atoms with E-state index in [2.05, 4.69) is 34.3 Å². The fourth-order valence-electron chi connectivity index (χ4n) is 2.06. The molecule has 2 aliphatic rings. The largest absolute Gasteiger partial charge is 0.344 e. The summed E-state index contributed by atoms with van der Waals surface area (Å²) >= 11 is 3.85. The van der Waals surface area contributed by atoms with Crippen LogP contribution in [-0.2, 0) is 6.54 Å². The van der Waals surface area contributed by atoms with Gasteiger partial charge in [-0.1, -0.05) is 0 Å². The molecule has 1 aromatic rings. The van der Waals surface area contributed by atoms with Gasteiger partial charge in [-0.05, 0) is 19.8 Å². The van der Waals surface area contributed by atoms with Crippen molar-refractivity contribution in [2.75, 3.05) is 23.0 Å². The third-order valence-electron chi connectivity index (χ3n) is 3.30. The molecule has 1 saturated heterocycles. The van der Waals surface area contributed by atoms with Crippen LogP contribution >= 0.6 is 23.1 Å². The number of thiazole rings is 1. The molecule has 0 aromatic carbocycles. The molecule has 1 aliphatic heterocycles. The van der Waals surface area contributed by atoms with Crippen LogP contribution in [0.5, 0.6) is 0 Å². The van der Waals surface area contributed by atoms with Crippen molar-refractivity contribution in [3.8, 4) is 0 Å². The molecule has 5 heteroatoms. The smallest absolute Gasteiger partial charge is 0.185 e. The van der Waals surface area contributed by atoms with E-state index in [0.717, 1.165) is 19.1 Å². The number of nitrogens with one attached hydrogen (secondary N) is 1. The van der Waals surface area contributed by atoms with Gasteiger partial charge in [0, 0.05) is 42.1 Å². The quantitative estimate of drug-likeness (QED) is 0.908. The molecule has 1 atom stereocenters. The second kappa shape index (κ2) is 5.16. The molecule has 1 aromatic heterocycles. The van der Waals surface area contributed by atoms with Gasteiger partial charge in [0.05, 0.1) is 5.69 Å². The minimum Gasteiger partial charge on any atom is -0.344 e. The maximum absolute atomic E-state index is 4.76. The molecule has 3 nitrogen and oxygen atoms in total. The number of anilines is 1. The van der Waals surface area contributed by atoms with Gasteiger partial charge in [0.2, 0.25) is 0 Å². The average Bonchev–Trinajstić information content (AvgIpc) is 3.06. The van der Waals surface area contributed by atoms with Gasteiger partial charge in [-0.25, -0.2) is 4.98 Å². The van der Waals surface area contributed by atoms with Crippen molar-refractivity contribution in [1.29, 1.82) is 0 Å². The molecule has 17 heavy (non-hydrogen) atoms. The Labute approximate surface area is 111 Å². The maximum atomic E-state index is 4.76. The summed E-state index contributed by atoms with van der Waals surface area (Å²) in [6, 6.07) is 1.40. The first-order valence-electron chi connectivity index (χ1n) is 6.35. The van der Waals surface area contributed by atoms with E-state index in [1.165, 1.54) is 35.2 Å². The highest BCUT2D eigenvalue weighted by molar-refractivity contribution is 7.99. The van der Waals surface area contributed by atoms with E-state index >= 15 is 0 Å². The number of aromatic nitrogens is 1. The van der Waals surface area contributed by atoms with E-state index in [1.807, 2.05) is 0 Å². The molecule has 0 radical (unpaired) electrons. The fourth-order valence-corrected chi connectivity index (χ4v) is 4.02. The Morgan fingerprint density at radius 2 is 2.41 bits per heavy atom. The Kier molecular flexibility index (Phi) is 3.59. The SMILES string of the molecule is CC1CSCCN1c1nc(CNC2CC2)cs1. The Morgan fingerprint density at radius 1 is 1.53 bits per heavy atom. The molecule has 1 aliphatic carbocycles. The summed E-state index contributed by atoms with van der Waals surface area (Å²) in [6.07, 6.45) is 2.69. The molecule has 2 heterocycles. The molecule has 3 rings (SSSR count). The number of thioether (sulfide) groups is 1. The molecule has 0 spiro atoms. The van der Waals surface area contributed by atoms with E-state index < -0.39 is 0 Å². The second-order valence-electron chi connectivity index (χ2n) is 4.89. The summed E-state index contributed by atoms with van der Waals surface area (Å²) in [7, 11) is 0. The first-order chi connectivity index (χ1) is 8.33. The third-order valence-corrected chi connectivity index (χ3v) is 5.42.